The van der Waals surface area contributed by atoms with E-state index >= 15 is 0 Å². The maximum absolute atomic E-state index is 10.5. The molecule has 2 aromatic rings. The third-order valence-electron chi connectivity index (χ3n) is 10.1. The second-order valence-electron chi connectivity index (χ2n) is 15.2. The van der Waals surface area contributed by atoms with Gasteiger partial charge in [-0.05, 0) is 44.0 Å². The predicted molar refractivity (Wildman–Crippen MR) is 228 cm³/mol. The van der Waals surface area contributed by atoms with Gasteiger partial charge in [0.2, 0.25) is 0 Å². The average molecular weight is 735 g/mol. The molecular weight excluding hydrogens is 657 g/mol. The summed E-state index contributed by atoms with van der Waals surface area (Å²) in [5, 5.41) is 21.0. The van der Waals surface area contributed by atoms with Gasteiger partial charge in [0.25, 0.3) is 0 Å². The van der Waals surface area contributed by atoms with E-state index in [0.717, 1.165) is 12.8 Å². The van der Waals surface area contributed by atoms with Gasteiger partial charge in [-0.25, -0.2) is 0 Å². The summed E-state index contributed by atoms with van der Waals surface area (Å²) in [5.41, 5.74) is 1.31. The van der Waals surface area contributed by atoms with Crippen LogP contribution in [0.25, 0.3) is 0 Å². The SMILES string of the molecule is CCCCCCCCCCCCCCCOc1ccc(C=NC[C@@H](C)N=Cc2ccc(OCCCCCCCCCCCCCCC)cc2O)c(O)c1. The molecule has 0 aliphatic heterocycles. The van der Waals surface area contributed by atoms with Crippen molar-refractivity contribution in [2.24, 2.45) is 9.98 Å². The molecule has 0 heterocycles. The molecule has 0 bridgehead atoms. The lowest BCUT2D eigenvalue weighted by molar-refractivity contribution is 0.302. The number of hydrogen-bond acceptors (Lipinski definition) is 6. The molecule has 0 aliphatic rings. The number of benzene rings is 2. The van der Waals surface area contributed by atoms with Crippen molar-refractivity contribution in [2.45, 2.75) is 194 Å². The Morgan fingerprint density at radius 3 is 1.19 bits per heavy atom. The fraction of sp³-hybridized carbons (Fsp3) is 0.702. The summed E-state index contributed by atoms with van der Waals surface area (Å²) in [6.07, 6.45) is 37.9. The molecule has 0 unspecified atom stereocenters. The summed E-state index contributed by atoms with van der Waals surface area (Å²) in [5.74, 6) is 1.70. The molecule has 0 saturated carbocycles. The van der Waals surface area contributed by atoms with Crippen molar-refractivity contribution in [2.75, 3.05) is 19.8 Å². The second-order valence-corrected chi connectivity index (χ2v) is 15.2. The number of nitrogens with zero attached hydrogens (tertiary/aromatic N) is 2. The number of hydrogen-bond donors (Lipinski definition) is 2. The molecule has 1 atom stereocenters. The van der Waals surface area contributed by atoms with Crippen LogP contribution in [0.1, 0.15) is 199 Å². The number of phenolic OH excluding ortho intramolecular Hbond substituents is 2. The number of rotatable bonds is 35. The highest BCUT2D eigenvalue weighted by molar-refractivity contribution is 5.84. The average Bonchev–Trinajstić information content (AvgIpc) is 3.15. The molecular formula is C47H78N2O4. The molecule has 0 radical (unpaired) electrons. The number of aliphatic imine (C=N–C) groups is 2. The first-order valence-electron chi connectivity index (χ1n) is 22.0. The van der Waals surface area contributed by atoms with Gasteiger partial charge in [0.1, 0.15) is 23.0 Å². The van der Waals surface area contributed by atoms with Gasteiger partial charge < -0.3 is 19.7 Å². The van der Waals surface area contributed by atoms with Gasteiger partial charge in [-0.15, -0.1) is 0 Å². The summed E-state index contributed by atoms with van der Waals surface area (Å²) >= 11 is 0. The van der Waals surface area contributed by atoms with Crippen molar-refractivity contribution < 1.29 is 19.7 Å². The monoisotopic (exact) mass is 735 g/mol. The minimum absolute atomic E-state index is 0.0813. The molecule has 0 fully saturated rings. The molecule has 6 heteroatoms. The van der Waals surface area contributed by atoms with E-state index in [1.54, 1.807) is 24.6 Å². The minimum atomic E-state index is -0.0813. The zero-order valence-corrected chi connectivity index (χ0v) is 34.3. The largest absolute Gasteiger partial charge is 0.507 e. The van der Waals surface area contributed by atoms with Gasteiger partial charge in [-0.2, -0.15) is 0 Å². The number of ether oxygens (including phenoxy) is 2. The maximum Gasteiger partial charge on any atom is 0.128 e. The summed E-state index contributed by atoms with van der Waals surface area (Å²) in [6, 6.07) is 10.7. The molecule has 0 aliphatic carbocycles. The Labute approximate surface area is 325 Å². The highest BCUT2D eigenvalue weighted by Gasteiger charge is 2.05. The van der Waals surface area contributed by atoms with Crippen molar-refractivity contribution >= 4 is 12.4 Å². The third kappa shape index (κ3) is 24.8. The van der Waals surface area contributed by atoms with E-state index in [1.165, 1.54) is 154 Å². The molecule has 300 valence electrons. The Morgan fingerprint density at radius 1 is 0.491 bits per heavy atom. The molecule has 6 nitrogen and oxygen atoms in total. The third-order valence-corrected chi connectivity index (χ3v) is 10.1. The van der Waals surface area contributed by atoms with E-state index in [9.17, 15) is 10.2 Å². The van der Waals surface area contributed by atoms with Crippen molar-refractivity contribution in [1.29, 1.82) is 0 Å². The lowest BCUT2D eigenvalue weighted by Gasteiger charge is -2.09. The van der Waals surface area contributed by atoms with Crippen molar-refractivity contribution in [3.8, 4) is 23.0 Å². The molecule has 0 saturated heterocycles. The molecule has 2 rings (SSSR count). The molecule has 0 aromatic heterocycles. The maximum atomic E-state index is 10.5. The molecule has 2 aromatic carbocycles. The Balaban J connectivity index is 1.53. The van der Waals surface area contributed by atoms with Crippen LogP contribution >= 0.6 is 0 Å². The Hall–Kier alpha value is -3.02. The van der Waals surface area contributed by atoms with Gasteiger partial charge >= 0.3 is 0 Å². The van der Waals surface area contributed by atoms with Crippen LogP contribution in [0.4, 0.5) is 0 Å². The predicted octanol–water partition coefficient (Wildman–Crippen LogP) is 14.0. The quantitative estimate of drug-likeness (QED) is 0.0545. The van der Waals surface area contributed by atoms with E-state index in [0.29, 0.717) is 42.4 Å². The van der Waals surface area contributed by atoms with Gasteiger partial charge in [0.15, 0.2) is 0 Å². The Kier molecular flexibility index (Phi) is 28.2. The summed E-state index contributed by atoms with van der Waals surface area (Å²) in [7, 11) is 0. The van der Waals surface area contributed by atoms with E-state index in [4.69, 9.17) is 9.47 Å². The van der Waals surface area contributed by atoms with Crippen LogP contribution in [0.15, 0.2) is 46.4 Å². The van der Waals surface area contributed by atoms with Gasteiger partial charge in [-0.1, -0.05) is 168 Å². The summed E-state index contributed by atoms with van der Waals surface area (Å²) < 4.78 is 11.8. The van der Waals surface area contributed by atoms with E-state index in [2.05, 4.69) is 23.8 Å². The zero-order chi connectivity index (χ0) is 38.0. The van der Waals surface area contributed by atoms with Crippen LogP contribution < -0.4 is 9.47 Å². The fourth-order valence-corrected chi connectivity index (χ4v) is 6.62. The van der Waals surface area contributed by atoms with Gasteiger partial charge in [0, 0.05) is 35.7 Å². The van der Waals surface area contributed by atoms with Crippen molar-refractivity contribution in [3.05, 3.63) is 47.5 Å². The van der Waals surface area contributed by atoms with Crippen molar-refractivity contribution in [3.63, 3.8) is 0 Å². The lowest BCUT2D eigenvalue weighted by atomic mass is 10.0. The van der Waals surface area contributed by atoms with Crippen LogP contribution in [0.5, 0.6) is 23.0 Å². The zero-order valence-electron chi connectivity index (χ0n) is 34.3. The first-order valence-corrected chi connectivity index (χ1v) is 22.0. The van der Waals surface area contributed by atoms with E-state index < -0.39 is 0 Å². The second kappa shape index (κ2) is 32.4. The van der Waals surface area contributed by atoms with Crippen LogP contribution in [0.3, 0.4) is 0 Å². The topological polar surface area (TPSA) is 83.6 Å². The van der Waals surface area contributed by atoms with Crippen LogP contribution in [-0.4, -0.2) is 48.4 Å². The first kappa shape index (κ1) is 46.1. The molecule has 0 amide bonds. The highest BCUT2D eigenvalue weighted by Crippen LogP contribution is 2.24. The Bertz CT molecular complexity index is 1210. The van der Waals surface area contributed by atoms with E-state index in [1.807, 2.05) is 31.2 Å². The van der Waals surface area contributed by atoms with Crippen LogP contribution in [-0.2, 0) is 0 Å². The first-order chi connectivity index (χ1) is 26.0. The summed E-state index contributed by atoms with van der Waals surface area (Å²) in [4.78, 5) is 9.05. The standard InChI is InChI=1S/C47H78N2O4/c1-4-6-8-10-12-14-16-18-20-22-24-26-28-34-52-44-32-30-42(46(50)36-44)39-48-38-41(3)49-40-43-31-33-45(37-47(43)51)53-35-29-27-25-23-21-19-17-15-13-11-9-7-5-2/h30-33,36-37,39-41,50-51H,4-29,34-35,38H2,1-3H3/t41-/m1/s1. The Morgan fingerprint density at radius 2 is 0.830 bits per heavy atom. The normalized spacial score (nSPS) is 12.3. The van der Waals surface area contributed by atoms with Gasteiger partial charge in [0.05, 0.1) is 25.8 Å². The number of aromatic hydroxyl groups is 2. The fourth-order valence-electron chi connectivity index (χ4n) is 6.62. The molecule has 53 heavy (non-hydrogen) atoms. The summed E-state index contributed by atoms with van der Waals surface area (Å²) in [6.45, 7) is 8.34. The minimum Gasteiger partial charge on any atom is -0.507 e. The highest BCUT2D eigenvalue weighted by atomic mass is 16.5. The number of phenols is 2. The molecule has 0 spiro atoms. The van der Waals surface area contributed by atoms with E-state index in [-0.39, 0.29) is 17.5 Å². The lowest BCUT2D eigenvalue weighted by Crippen LogP contribution is -2.04. The molecule has 2 N–H and O–H groups in total. The van der Waals surface area contributed by atoms with Crippen LogP contribution in [0, 0.1) is 0 Å². The van der Waals surface area contributed by atoms with Crippen molar-refractivity contribution in [1.82, 2.24) is 0 Å². The van der Waals surface area contributed by atoms with Crippen LogP contribution in [0.2, 0.25) is 0 Å². The number of unbranched alkanes of at least 4 members (excludes halogenated alkanes) is 24. The van der Waals surface area contributed by atoms with Gasteiger partial charge in [-0.3, -0.25) is 9.98 Å². The smallest absolute Gasteiger partial charge is 0.128 e.